The zero-order valence-corrected chi connectivity index (χ0v) is 10.8. The van der Waals surface area contributed by atoms with Gasteiger partial charge in [-0.2, -0.15) is 0 Å². The van der Waals surface area contributed by atoms with Crippen molar-refractivity contribution in [3.63, 3.8) is 0 Å². The van der Waals surface area contributed by atoms with Gasteiger partial charge in [0.05, 0.1) is 0 Å². The molecular weight excluding hydrogens is 210 g/mol. The van der Waals surface area contributed by atoms with Gasteiger partial charge < -0.3 is 5.32 Å². The summed E-state index contributed by atoms with van der Waals surface area (Å²) in [6.45, 7) is 1.17. The zero-order valence-electron chi connectivity index (χ0n) is 10.8. The summed E-state index contributed by atoms with van der Waals surface area (Å²) in [6.07, 6.45) is 11.2. The topological polar surface area (TPSA) is 29.1 Å². The molecule has 3 aliphatic rings. The minimum atomic E-state index is 0.408. The van der Waals surface area contributed by atoms with Crippen LogP contribution in [0.2, 0.25) is 0 Å². The van der Waals surface area contributed by atoms with Gasteiger partial charge in [0.2, 0.25) is 0 Å². The van der Waals surface area contributed by atoms with Crippen LogP contribution in [0, 0.1) is 17.8 Å². The third kappa shape index (κ3) is 2.42. The number of ketones is 1. The Morgan fingerprint density at radius 2 is 1.82 bits per heavy atom. The van der Waals surface area contributed by atoms with Gasteiger partial charge in [0.25, 0.3) is 0 Å². The molecule has 0 amide bonds. The predicted molar refractivity (Wildman–Crippen MR) is 68.8 cm³/mol. The molecule has 2 aliphatic carbocycles. The molecule has 0 aromatic rings. The molecule has 1 aliphatic heterocycles. The van der Waals surface area contributed by atoms with Crippen LogP contribution in [0.3, 0.4) is 0 Å². The van der Waals surface area contributed by atoms with Crippen molar-refractivity contribution < 1.29 is 4.79 Å². The molecular formula is C15H25NO. The highest BCUT2D eigenvalue weighted by atomic mass is 16.1. The molecule has 3 atom stereocenters. The summed E-state index contributed by atoms with van der Waals surface area (Å²) in [7, 11) is 0. The first kappa shape index (κ1) is 11.7. The van der Waals surface area contributed by atoms with Crippen LogP contribution in [0.4, 0.5) is 0 Å². The van der Waals surface area contributed by atoms with Gasteiger partial charge in [0, 0.05) is 18.4 Å². The fourth-order valence-corrected chi connectivity index (χ4v) is 4.33. The van der Waals surface area contributed by atoms with E-state index in [1.165, 1.54) is 57.9 Å². The van der Waals surface area contributed by atoms with Crippen LogP contribution in [0.15, 0.2) is 0 Å². The number of rotatable bonds is 3. The molecule has 96 valence electrons. The second-order valence-corrected chi connectivity index (χ2v) is 6.37. The van der Waals surface area contributed by atoms with Crippen LogP contribution in [0.1, 0.15) is 57.8 Å². The first-order valence-electron chi connectivity index (χ1n) is 7.60. The van der Waals surface area contributed by atoms with Crippen LogP contribution in [0.25, 0.3) is 0 Å². The van der Waals surface area contributed by atoms with Crippen molar-refractivity contribution in [2.45, 2.75) is 63.8 Å². The van der Waals surface area contributed by atoms with Gasteiger partial charge in [-0.3, -0.25) is 4.79 Å². The van der Waals surface area contributed by atoms with Crippen molar-refractivity contribution in [1.29, 1.82) is 0 Å². The van der Waals surface area contributed by atoms with Crippen LogP contribution in [-0.2, 0) is 4.79 Å². The lowest BCUT2D eigenvalue weighted by molar-refractivity contribution is -0.124. The lowest BCUT2D eigenvalue weighted by Gasteiger charge is -2.24. The van der Waals surface area contributed by atoms with E-state index in [0.717, 1.165) is 18.3 Å². The van der Waals surface area contributed by atoms with E-state index >= 15 is 0 Å². The third-order valence-corrected chi connectivity index (χ3v) is 5.36. The van der Waals surface area contributed by atoms with Crippen LogP contribution in [0.5, 0.6) is 0 Å². The van der Waals surface area contributed by atoms with Gasteiger partial charge >= 0.3 is 0 Å². The fraction of sp³-hybridized carbons (Fsp3) is 0.933. The Bertz CT molecular complexity index is 283. The highest BCUT2D eigenvalue weighted by molar-refractivity contribution is 5.81. The molecule has 0 bridgehead atoms. The Labute approximate surface area is 105 Å². The molecule has 3 fully saturated rings. The minimum Gasteiger partial charge on any atom is -0.313 e. The molecule has 17 heavy (non-hydrogen) atoms. The van der Waals surface area contributed by atoms with Crippen molar-refractivity contribution >= 4 is 5.78 Å². The first-order valence-corrected chi connectivity index (χ1v) is 7.60. The lowest BCUT2D eigenvalue weighted by Crippen LogP contribution is -2.32. The predicted octanol–water partition coefficient (Wildman–Crippen LogP) is 2.91. The number of Topliss-reactive ketones (excluding diaryl/α,β-unsaturated/α-hetero) is 1. The normalized spacial score (nSPS) is 38.2. The Morgan fingerprint density at radius 3 is 2.65 bits per heavy atom. The van der Waals surface area contributed by atoms with Gasteiger partial charge in [-0.1, -0.05) is 25.7 Å². The largest absolute Gasteiger partial charge is 0.313 e. The number of nitrogens with one attached hydrogen (secondary N) is 1. The van der Waals surface area contributed by atoms with Gasteiger partial charge in [-0.05, 0) is 44.1 Å². The van der Waals surface area contributed by atoms with Crippen molar-refractivity contribution in [1.82, 2.24) is 5.32 Å². The van der Waals surface area contributed by atoms with E-state index in [1.807, 2.05) is 0 Å². The highest BCUT2D eigenvalue weighted by Gasteiger charge is 2.40. The summed E-state index contributed by atoms with van der Waals surface area (Å²) in [5, 5.41) is 3.61. The molecule has 0 radical (unpaired) electrons. The smallest absolute Gasteiger partial charge is 0.137 e. The maximum absolute atomic E-state index is 12.3. The summed E-state index contributed by atoms with van der Waals surface area (Å²) in [4.78, 5) is 12.3. The summed E-state index contributed by atoms with van der Waals surface area (Å²) < 4.78 is 0. The highest BCUT2D eigenvalue weighted by Crippen LogP contribution is 2.39. The van der Waals surface area contributed by atoms with Crippen molar-refractivity contribution in [2.75, 3.05) is 6.54 Å². The number of hydrogen-bond acceptors (Lipinski definition) is 2. The summed E-state index contributed by atoms with van der Waals surface area (Å²) in [5.41, 5.74) is 0. The second-order valence-electron chi connectivity index (χ2n) is 6.37. The molecule has 3 unspecified atom stereocenters. The van der Waals surface area contributed by atoms with Gasteiger partial charge in [-0.15, -0.1) is 0 Å². The monoisotopic (exact) mass is 235 g/mol. The van der Waals surface area contributed by atoms with E-state index in [9.17, 15) is 4.79 Å². The Balaban J connectivity index is 1.54. The Hall–Kier alpha value is -0.370. The standard InChI is InChI=1S/C15H25NO/c17-15(11-5-2-1-3-6-11)9-14-13-8-4-7-12(13)10-16-14/h11-14,16H,1-10H2. The van der Waals surface area contributed by atoms with Crippen molar-refractivity contribution in [2.24, 2.45) is 17.8 Å². The molecule has 2 saturated carbocycles. The lowest BCUT2D eigenvalue weighted by atomic mass is 9.82. The van der Waals surface area contributed by atoms with Crippen molar-refractivity contribution in [3.05, 3.63) is 0 Å². The molecule has 3 rings (SSSR count). The van der Waals surface area contributed by atoms with Gasteiger partial charge in [0.15, 0.2) is 0 Å². The Morgan fingerprint density at radius 1 is 1.00 bits per heavy atom. The van der Waals surface area contributed by atoms with E-state index < -0.39 is 0 Å². The summed E-state index contributed by atoms with van der Waals surface area (Å²) >= 11 is 0. The quantitative estimate of drug-likeness (QED) is 0.815. The van der Waals surface area contributed by atoms with E-state index in [0.29, 0.717) is 17.7 Å². The van der Waals surface area contributed by atoms with Crippen LogP contribution in [-0.4, -0.2) is 18.4 Å². The maximum Gasteiger partial charge on any atom is 0.137 e. The number of carbonyl (C=O) groups excluding carboxylic acids is 1. The molecule has 2 heteroatoms. The number of carbonyl (C=O) groups is 1. The molecule has 1 heterocycles. The molecule has 1 saturated heterocycles. The van der Waals surface area contributed by atoms with E-state index in [4.69, 9.17) is 0 Å². The molecule has 0 spiro atoms. The minimum absolute atomic E-state index is 0.408. The van der Waals surface area contributed by atoms with Crippen LogP contribution < -0.4 is 5.32 Å². The average molecular weight is 235 g/mol. The SMILES string of the molecule is O=C(CC1NCC2CCCC21)C1CCCCC1. The third-order valence-electron chi connectivity index (χ3n) is 5.36. The van der Waals surface area contributed by atoms with Gasteiger partial charge in [0.1, 0.15) is 5.78 Å². The van der Waals surface area contributed by atoms with E-state index in [2.05, 4.69) is 5.32 Å². The number of fused-ring (bicyclic) bond motifs is 1. The zero-order chi connectivity index (χ0) is 11.7. The molecule has 1 N–H and O–H groups in total. The average Bonchev–Trinajstić information content (AvgIpc) is 2.95. The van der Waals surface area contributed by atoms with Gasteiger partial charge in [-0.25, -0.2) is 0 Å². The van der Waals surface area contributed by atoms with Crippen LogP contribution >= 0.6 is 0 Å². The van der Waals surface area contributed by atoms with E-state index in [1.54, 1.807) is 0 Å². The second kappa shape index (κ2) is 5.09. The number of hydrogen-bond donors (Lipinski definition) is 1. The van der Waals surface area contributed by atoms with E-state index in [-0.39, 0.29) is 0 Å². The summed E-state index contributed by atoms with van der Waals surface area (Å²) in [6, 6.07) is 0.525. The molecule has 0 aromatic heterocycles. The molecule has 0 aromatic carbocycles. The molecule has 2 nitrogen and oxygen atoms in total. The Kier molecular flexibility index (Phi) is 3.51. The summed E-state index contributed by atoms with van der Waals surface area (Å²) in [5.74, 6) is 2.68. The maximum atomic E-state index is 12.3. The fourth-order valence-electron chi connectivity index (χ4n) is 4.33. The van der Waals surface area contributed by atoms with Crippen molar-refractivity contribution in [3.8, 4) is 0 Å². The first-order chi connectivity index (χ1) is 8.34.